The fourth-order valence-corrected chi connectivity index (χ4v) is 2.15. The maximum atomic E-state index is 12.2. The van der Waals surface area contributed by atoms with Crippen LogP contribution in [0.5, 0.6) is 0 Å². The molecule has 19 heavy (non-hydrogen) atoms. The van der Waals surface area contributed by atoms with Crippen molar-refractivity contribution in [1.82, 2.24) is 9.88 Å². The highest BCUT2D eigenvalue weighted by molar-refractivity contribution is 9.10. The molecule has 0 spiro atoms. The number of aryl methyl sites for hydroxylation is 1. The summed E-state index contributed by atoms with van der Waals surface area (Å²) in [7, 11) is 1.39. The minimum atomic E-state index is -1.46. The molecule has 1 aromatic rings. The number of amides is 1. The first-order valence-electron chi connectivity index (χ1n) is 5.74. The molecular weight excluding hydrogens is 316 g/mol. The van der Waals surface area contributed by atoms with E-state index in [9.17, 15) is 14.7 Å². The van der Waals surface area contributed by atoms with E-state index in [4.69, 9.17) is 4.74 Å². The SMILES string of the molecule is CCn1cc(Br)cc1C(=O)NC(C)(COC)C(=O)O. The lowest BCUT2D eigenvalue weighted by Crippen LogP contribution is -2.55. The molecule has 0 aliphatic carbocycles. The second-order valence-electron chi connectivity index (χ2n) is 4.35. The van der Waals surface area contributed by atoms with Crippen LogP contribution in [0.1, 0.15) is 24.3 Å². The van der Waals surface area contributed by atoms with Crippen LogP contribution >= 0.6 is 15.9 Å². The van der Waals surface area contributed by atoms with E-state index < -0.39 is 17.4 Å². The van der Waals surface area contributed by atoms with Crippen LogP contribution in [0.25, 0.3) is 0 Å². The van der Waals surface area contributed by atoms with Gasteiger partial charge >= 0.3 is 5.97 Å². The Morgan fingerprint density at radius 1 is 1.58 bits per heavy atom. The molecule has 0 saturated heterocycles. The summed E-state index contributed by atoms with van der Waals surface area (Å²) in [6.45, 7) is 3.81. The van der Waals surface area contributed by atoms with Crippen molar-refractivity contribution >= 4 is 27.8 Å². The van der Waals surface area contributed by atoms with Crippen LogP contribution < -0.4 is 5.32 Å². The molecular formula is C12H17BrN2O4. The molecule has 1 atom stereocenters. The first-order valence-corrected chi connectivity index (χ1v) is 6.54. The highest BCUT2D eigenvalue weighted by Gasteiger charge is 2.35. The quantitative estimate of drug-likeness (QED) is 0.827. The third-order valence-corrected chi connectivity index (χ3v) is 3.16. The molecule has 106 valence electrons. The Balaban J connectivity index is 2.97. The van der Waals surface area contributed by atoms with Gasteiger partial charge in [0.25, 0.3) is 5.91 Å². The number of carbonyl (C=O) groups is 2. The Bertz CT molecular complexity index is 486. The summed E-state index contributed by atoms with van der Waals surface area (Å²) in [5, 5.41) is 11.7. The number of carboxylic acids is 1. The number of carboxylic acid groups (broad SMARTS) is 1. The van der Waals surface area contributed by atoms with E-state index in [1.165, 1.54) is 14.0 Å². The second-order valence-corrected chi connectivity index (χ2v) is 5.27. The molecule has 0 aromatic carbocycles. The molecule has 1 rings (SSSR count). The van der Waals surface area contributed by atoms with Gasteiger partial charge in [0.1, 0.15) is 5.69 Å². The number of ether oxygens (including phenoxy) is 1. The van der Waals surface area contributed by atoms with Gasteiger partial charge in [-0.15, -0.1) is 0 Å². The Morgan fingerprint density at radius 2 is 2.21 bits per heavy atom. The summed E-state index contributed by atoms with van der Waals surface area (Å²) >= 11 is 3.29. The third kappa shape index (κ3) is 3.57. The zero-order chi connectivity index (χ0) is 14.6. The van der Waals surface area contributed by atoms with E-state index in [1.807, 2.05) is 6.92 Å². The van der Waals surface area contributed by atoms with Gasteiger partial charge in [-0.3, -0.25) is 4.79 Å². The van der Waals surface area contributed by atoms with Gasteiger partial charge in [0.2, 0.25) is 0 Å². The summed E-state index contributed by atoms with van der Waals surface area (Å²) in [6.07, 6.45) is 1.77. The lowest BCUT2D eigenvalue weighted by Gasteiger charge is -2.25. The van der Waals surface area contributed by atoms with Crippen LogP contribution in [0, 0.1) is 0 Å². The van der Waals surface area contributed by atoms with E-state index in [0.29, 0.717) is 12.2 Å². The number of hydrogen-bond donors (Lipinski definition) is 2. The van der Waals surface area contributed by atoms with Crippen molar-refractivity contribution in [2.45, 2.75) is 25.9 Å². The number of halogens is 1. The molecule has 0 saturated carbocycles. The van der Waals surface area contributed by atoms with Gasteiger partial charge in [-0.2, -0.15) is 0 Å². The smallest absolute Gasteiger partial charge is 0.331 e. The monoisotopic (exact) mass is 332 g/mol. The Hall–Kier alpha value is -1.34. The Morgan fingerprint density at radius 3 is 2.68 bits per heavy atom. The van der Waals surface area contributed by atoms with Gasteiger partial charge in [-0.05, 0) is 35.8 Å². The molecule has 7 heteroatoms. The molecule has 2 N–H and O–H groups in total. The number of hydrogen-bond acceptors (Lipinski definition) is 3. The lowest BCUT2D eigenvalue weighted by atomic mass is 10.0. The summed E-state index contributed by atoms with van der Waals surface area (Å²) in [5.74, 6) is -1.59. The van der Waals surface area contributed by atoms with Crippen LogP contribution in [0.4, 0.5) is 0 Å². The third-order valence-electron chi connectivity index (χ3n) is 2.73. The van der Waals surface area contributed by atoms with Gasteiger partial charge in [0, 0.05) is 24.3 Å². The summed E-state index contributed by atoms with van der Waals surface area (Å²) in [4.78, 5) is 23.4. The average Bonchev–Trinajstić information content (AvgIpc) is 2.70. The highest BCUT2D eigenvalue weighted by Crippen LogP contribution is 2.16. The van der Waals surface area contributed by atoms with Gasteiger partial charge < -0.3 is 19.7 Å². The van der Waals surface area contributed by atoms with Crippen molar-refractivity contribution in [1.29, 1.82) is 0 Å². The van der Waals surface area contributed by atoms with E-state index in [1.54, 1.807) is 16.8 Å². The summed E-state index contributed by atoms with van der Waals surface area (Å²) < 4.78 is 7.35. The molecule has 1 unspecified atom stereocenters. The topological polar surface area (TPSA) is 80.6 Å². The Labute approximate surface area is 119 Å². The van der Waals surface area contributed by atoms with Gasteiger partial charge in [0.15, 0.2) is 5.54 Å². The molecule has 1 heterocycles. The molecule has 0 aliphatic rings. The molecule has 1 amide bonds. The van der Waals surface area contributed by atoms with Crippen molar-refractivity contribution in [2.75, 3.05) is 13.7 Å². The number of nitrogens with zero attached hydrogens (tertiary/aromatic N) is 1. The fourth-order valence-electron chi connectivity index (χ4n) is 1.68. The number of carbonyl (C=O) groups excluding carboxylic acids is 1. The van der Waals surface area contributed by atoms with Gasteiger partial charge in [-0.25, -0.2) is 4.79 Å². The number of nitrogens with one attached hydrogen (secondary N) is 1. The van der Waals surface area contributed by atoms with E-state index >= 15 is 0 Å². The molecule has 6 nitrogen and oxygen atoms in total. The van der Waals surface area contributed by atoms with E-state index in [-0.39, 0.29) is 6.61 Å². The normalized spacial score (nSPS) is 13.9. The molecule has 0 radical (unpaired) electrons. The minimum Gasteiger partial charge on any atom is -0.479 e. The summed E-state index contributed by atoms with van der Waals surface area (Å²) in [5.41, 5.74) is -1.06. The predicted molar refractivity (Wildman–Crippen MR) is 73.2 cm³/mol. The number of methoxy groups -OCH3 is 1. The average molecular weight is 333 g/mol. The molecule has 0 aliphatic heterocycles. The second kappa shape index (κ2) is 6.21. The van der Waals surface area contributed by atoms with Crippen molar-refractivity contribution in [2.24, 2.45) is 0 Å². The van der Waals surface area contributed by atoms with Crippen LogP contribution in [0.2, 0.25) is 0 Å². The summed E-state index contributed by atoms with van der Waals surface area (Å²) in [6, 6.07) is 1.65. The van der Waals surface area contributed by atoms with Crippen molar-refractivity contribution in [3.8, 4) is 0 Å². The number of aliphatic carboxylic acids is 1. The highest BCUT2D eigenvalue weighted by atomic mass is 79.9. The standard InChI is InChI=1S/C12H17BrN2O4/c1-4-15-6-8(13)5-9(15)10(16)14-12(2,7-19-3)11(17)18/h5-6H,4,7H2,1-3H3,(H,14,16)(H,17,18). The molecule has 1 aromatic heterocycles. The van der Waals surface area contributed by atoms with Crippen molar-refractivity contribution < 1.29 is 19.4 Å². The van der Waals surface area contributed by atoms with Crippen LogP contribution in [-0.2, 0) is 16.1 Å². The van der Waals surface area contributed by atoms with E-state index in [2.05, 4.69) is 21.2 Å². The van der Waals surface area contributed by atoms with Crippen molar-refractivity contribution in [3.63, 3.8) is 0 Å². The Kier molecular flexibility index (Phi) is 5.13. The van der Waals surface area contributed by atoms with Crippen molar-refractivity contribution in [3.05, 3.63) is 22.4 Å². The minimum absolute atomic E-state index is 0.109. The predicted octanol–water partition coefficient (Wildman–Crippen LogP) is 1.49. The van der Waals surface area contributed by atoms with E-state index in [0.717, 1.165) is 4.47 Å². The molecule has 0 bridgehead atoms. The first-order chi connectivity index (χ1) is 8.84. The van der Waals surface area contributed by atoms with Gasteiger partial charge in [0.05, 0.1) is 6.61 Å². The fraction of sp³-hybridized carbons (Fsp3) is 0.500. The molecule has 0 fully saturated rings. The lowest BCUT2D eigenvalue weighted by molar-refractivity contribution is -0.145. The zero-order valence-electron chi connectivity index (χ0n) is 11.1. The number of rotatable bonds is 6. The number of aromatic nitrogens is 1. The first kappa shape index (κ1) is 15.7. The largest absolute Gasteiger partial charge is 0.479 e. The van der Waals surface area contributed by atoms with Crippen LogP contribution in [0.3, 0.4) is 0 Å². The zero-order valence-corrected chi connectivity index (χ0v) is 12.7. The van der Waals surface area contributed by atoms with Crippen LogP contribution in [-0.4, -0.2) is 40.8 Å². The maximum absolute atomic E-state index is 12.2. The van der Waals surface area contributed by atoms with Crippen LogP contribution in [0.15, 0.2) is 16.7 Å². The maximum Gasteiger partial charge on any atom is 0.331 e. The van der Waals surface area contributed by atoms with Gasteiger partial charge in [-0.1, -0.05) is 0 Å².